The summed E-state index contributed by atoms with van der Waals surface area (Å²) in [6.07, 6.45) is 1.01. The van der Waals surface area contributed by atoms with Gasteiger partial charge in [0.1, 0.15) is 5.52 Å². The third-order valence-corrected chi connectivity index (χ3v) is 3.03. The van der Waals surface area contributed by atoms with Crippen LogP contribution in [-0.4, -0.2) is 24.1 Å². The maximum atomic E-state index is 5.87. The molecule has 0 saturated carbocycles. The van der Waals surface area contributed by atoms with Crippen LogP contribution < -0.4 is 10.6 Å². The van der Waals surface area contributed by atoms with Crippen molar-refractivity contribution in [2.75, 3.05) is 18.0 Å². The van der Waals surface area contributed by atoms with Gasteiger partial charge in [-0.1, -0.05) is 6.07 Å². The molecule has 4 nitrogen and oxygen atoms in total. The van der Waals surface area contributed by atoms with Gasteiger partial charge >= 0.3 is 0 Å². The van der Waals surface area contributed by atoms with Gasteiger partial charge in [-0.25, -0.2) is 0 Å². The summed E-state index contributed by atoms with van der Waals surface area (Å²) in [5, 5.41) is 0. The van der Waals surface area contributed by atoms with Crippen molar-refractivity contribution in [1.82, 2.24) is 4.98 Å². The highest BCUT2D eigenvalue weighted by Crippen LogP contribution is 2.24. The van der Waals surface area contributed by atoms with Gasteiger partial charge in [0.05, 0.1) is 0 Å². The number of anilines is 1. The Labute approximate surface area is 94.0 Å². The van der Waals surface area contributed by atoms with Crippen molar-refractivity contribution in [1.29, 1.82) is 0 Å². The SMILES string of the molecule is Cc1ccc2oc(N3CCC(N)C3)nc2c1. The van der Waals surface area contributed by atoms with Crippen LogP contribution in [0, 0.1) is 6.92 Å². The monoisotopic (exact) mass is 217 g/mol. The molecule has 84 valence electrons. The van der Waals surface area contributed by atoms with Gasteiger partial charge in [0, 0.05) is 19.1 Å². The van der Waals surface area contributed by atoms with Crippen LogP contribution >= 0.6 is 0 Å². The minimum absolute atomic E-state index is 0.247. The Kier molecular flexibility index (Phi) is 2.11. The van der Waals surface area contributed by atoms with Gasteiger partial charge in [-0.15, -0.1) is 0 Å². The molecule has 1 aromatic carbocycles. The molecule has 1 aliphatic heterocycles. The van der Waals surface area contributed by atoms with E-state index in [2.05, 4.69) is 16.8 Å². The van der Waals surface area contributed by atoms with Crippen LogP contribution in [0.1, 0.15) is 12.0 Å². The van der Waals surface area contributed by atoms with Gasteiger partial charge in [0.15, 0.2) is 5.58 Å². The summed E-state index contributed by atoms with van der Waals surface area (Å²) in [4.78, 5) is 6.60. The van der Waals surface area contributed by atoms with E-state index in [1.165, 1.54) is 5.56 Å². The molecule has 2 aromatic rings. The van der Waals surface area contributed by atoms with Crippen LogP contribution in [-0.2, 0) is 0 Å². The van der Waals surface area contributed by atoms with E-state index in [-0.39, 0.29) is 6.04 Å². The highest BCUT2D eigenvalue weighted by molar-refractivity contribution is 5.75. The number of fused-ring (bicyclic) bond motifs is 1. The average Bonchev–Trinajstić information content (AvgIpc) is 2.83. The number of nitrogens with two attached hydrogens (primary N) is 1. The minimum Gasteiger partial charge on any atom is -0.423 e. The van der Waals surface area contributed by atoms with Crippen molar-refractivity contribution in [3.8, 4) is 0 Å². The first-order chi connectivity index (χ1) is 7.72. The van der Waals surface area contributed by atoms with Crippen LogP contribution in [0.3, 0.4) is 0 Å². The van der Waals surface area contributed by atoms with E-state index in [0.29, 0.717) is 6.01 Å². The summed E-state index contributed by atoms with van der Waals surface area (Å²) in [7, 11) is 0. The second-order valence-corrected chi connectivity index (χ2v) is 4.46. The van der Waals surface area contributed by atoms with Crippen LogP contribution in [0.4, 0.5) is 6.01 Å². The Morgan fingerprint density at radius 3 is 3.12 bits per heavy atom. The van der Waals surface area contributed by atoms with E-state index in [0.717, 1.165) is 30.6 Å². The molecule has 3 rings (SSSR count). The van der Waals surface area contributed by atoms with Gasteiger partial charge in [-0.2, -0.15) is 4.98 Å². The molecule has 1 fully saturated rings. The number of oxazole rings is 1. The summed E-state index contributed by atoms with van der Waals surface area (Å²) < 4.78 is 5.71. The molecule has 0 radical (unpaired) electrons. The summed E-state index contributed by atoms with van der Waals surface area (Å²) in [6, 6.07) is 6.99. The normalized spacial score (nSPS) is 20.9. The van der Waals surface area contributed by atoms with Gasteiger partial charge in [-0.05, 0) is 31.0 Å². The molecule has 1 saturated heterocycles. The van der Waals surface area contributed by atoms with E-state index in [1.807, 2.05) is 18.2 Å². The van der Waals surface area contributed by atoms with Crippen molar-refractivity contribution in [2.24, 2.45) is 5.73 Å². The lowest BCUT2D eigenvalue weighted by atomic mass is 10.2. The van der Waals surface area contributed by atoms with Gasteiger partial charge in [-0.3, -0.25) is 0 Å². The lowest BCUT2D eigenvalue weighted by molar-refractivity contribution is 0.583. The highest BCUT2D eigenvalue weighted by Gasteiger charge is 2.23. The number of aryl methyl sites for hydroxylation is 1. The van der Waals surface area contributed by atoms with E-state index < -0.39 is 0 Å². The maximum Gasteiger partial charge on any atom is 0.298 e. The first-order valence-electron chi connectivity index (χ1n) is 5.60. The molecule has 0 aliphatic carbocycles. The fourth-order valence-electron chi connectivity index (χ4n) is 2.12. The van der Waals surface area contributed by atoms with Crippen LogP contribution in [0.2, 0.25) is 0 Å². The Bertz CT molecular complexity index is 520. The Hall–Kier alpha value is -1.55. The zero-order chi connectivity index (χ0) is 11.1. The summed E-state index contributed by atoms with van der Waals surface area (Å²) in [5.74, 6) is 0. The maximum absolute atomic E-state index is 5.87. The number of aromatic nitrogens is 1. The molecule has 0 bridgehead atoms. The summed E-state index contributed by atoms with van der Waals surface area (Å²) in [5.41, 5.74) is 8.84. The molecule has 1 aromatic heterocycles. The Morgan fingerprint density at radius 2 is 2.38 bits per heavy atom. The lowest BCUT2D eigenvalue weighted by Crippen LogP contribution is -2.26. The van der Waals surface area contributed by atoms with Crippen molar-refractivity contribution in [3.05, 3.63) is 23.8 Å². The number of hydrogen-bond donors (Lipinski definition) is 1. The van der Waals surface area contributed by atoms with E-state index >= 15 is 0 Å². The van der Waals surface area contributed by atoms with Crippen molar-refractivity contribution < 1.29 is 4.42 Å². The molecule has 0 spiro atoms. The summed E-state index contributed by atoms with van der Waals surface area (Å²) in [6.45, 7) is 3.83. The predicted molar refractivity (Wildman–Crippen MR) is 63.6 cm³/mol. The van der Waals surface area contributed by atoms with E-state index in [1.54, 1.807) is 0 Å². The summed E-state index contributed by atoms with van der Waals surface area (Å²) >= 11 is 0. The number of benzene rings is 1. The molecule has 1 atom stereocenters. The third-order valence-electron chi connectivity index (χ3n) is 3.03. The molecule has 0 amide bonds. The second kappa shape index (κ2) is 3.49. The molecule has 1 unspecified atom stereocenters. The van der Waals surface area contributed by atoms with Gasteiger partial charge < -0.3 is 15.1 Å². The largest absolute Gasteiger partial charge is 0.423 e. The minimum atomic E-state index is 0.247. The van der Waals surface area contributed by atoms with Crippen LogP contribution in [0.15, 0.2) is 22.6 Å². The molecule has 2 N–H and O–H groups in total. The first-order valence-corrected chi connectivity index (χ1v) is 5.60. The van der Waals surface area contributed by atoms with Crippen molar-refractivity contribution in [2.45, 2.75) is 19.4 Å². The fourth-order valence-corrected chi connectivity index (χ4v) is 2.12. The van der Waals surface area contributed by atoms with E-state index in [4.69, 9.17) is 10.2 Å². The number of rotatable bonds is 1. The fraction of sp³-hybridized carbons (Fsp3) is 0.417. The molecular formula is C12H15N3O. The average molecular weight is 217 g/mol. The molecule has 2 heterocycles. The lowest BCUT2D eigenvalue weighted by Gasteiger charge is -2.11. The standard InChI is InChI=1S/C12H15N3O/c1-8-2-3-11-10(6-8)14-12(16-11)15-5-4-9(13)7-15/h2-3,6,9H,4-5,7,13H2,1H3. The molecule has 1 aliphatic rings. The Morgan fingerprint density at radius 1 is 1.50 bits per heavy atom. The second-order valence-electron chi connectivity index (χ2n) is 4.46. The van der Waals surface area contributed by atoms with Crippen molar-refractivity contribution >= 4 is 17.1 Å². The highest BCUT2D eigenvalue weighted by atomic mass is 16.4. The molecular weight excluding hydrogens is 202 g/mol. The molecule has 16 heavy (non-hydrogen) atoms. The number of hydrogen-bond acceptors (Lipinski definition) is 4. The zero-order valence-electron chi connectivity index (χ0n) is 9.31. The van der Waals surface area contributed by atoms with Crippen molar-refractivity contribution in [3.63, 3.8) is 0 Å². The van der Waals surface area contributed by atoms with Gasteiger partial charge in [0.2, 0.25) is 0 Å². The Balaban J connectivity index is 1.99. The number of nitrogens with zero attached hydrogens (tertiary/aromatic N) is 2. The van der Waals surface area contributed by atoms with Crippen LogP contribution in [0.5, 0.6) is 0 Å². The van der Waals surface area contributed by atoms with Gasteiger partial charge in [0.25, 0.3) is 6.01 Å². The van der Waals surface area contributed by atoms with E-state index in [9.17, 15) is 0 Å². The predicted octanol–water partition coefficient (Wildman–Crippen LogP) is 1.67. The van der Waals surface area contributed by atoms with Crippen LogP contribution in [0.25, 0.3) is 11.1 Å². The zero-order valence-corrected chi connectivity index (χ0v) is 9.31. The topological polar surface area (TPSA) is 55.3 Å². The third kappa shape index (κ3) is 1.55. The molecule has 4 heteroatoms. The quantitative estimate of drug-likeness (QED) is 0.789. The first kappa shape index (κ1) is 9.66. The smallest absolute Gasteiger partial charge is 0.298 e.